The van der Waals surface area contributed by atoms with Crippen LogP contribution in [0.25, 0.3) is 0 Å². The molecule has 0 bridgehead atoms. The van der Waals surface area contributed by atoms with Gasteiger partial charge in [-0.3, -0.25) is 0 Å². The van der Waals surface area contributed by atoms with E-state index >= 15 is 0 Å². The summed E-state index contributed by atoms with van der Waals surface area (Å²) in [6.07, 6.45) is 3.13. The highest BCUT2D eigenvalue weighted by Gasteiger charge is 2.21. The lowest BCUT2D eigenvalue weighted by atomic mass is 10.2. The molecule has 0 aromatic heterocycles. The summed E-state index contributed by atoms with van der Waals surface area (Å²) in [6, 6.07) is 0.836. The van der Waals surface area contributed by atoms with Crippen LogP contribution in [0, 0.1) is 0 Å². The first-order valence-corrected chi connectivity index (χ1v) is 6.04. The highest BCUT2D eigenvalue weighted by molar-refractivity contribution is 7.99. The zero-order valence-electron chi connectivity index (χ0n) is 8.32. The molecular weight excluding hydrogens is 186 g/mol. The quantitative estimate of drug-likeness (QED) is 0.685. The summed E-state index contributed by atoms with van der Waals surface area (Å²) >= 11 is 1.71. The summed E-state index contributed by atoms with van der Waals surface area (Å²) in [7, 11) is 0. The Morgan fingerprint density at radius 2 is 2.46 bits per heavy atom. The Morgan fingerprint density at radius 1 is 1.69 bits per heavy atom. The van der Waals surface area contributed by atoms with E-state index in [0.717, 1.165) is 19.6 Å². The van der Waals surface area contributed by atoms with Gasteiger partial charge in [0.1, 0.15) is 0 Å². The van der Waals surface area contributed by atoms with Crippen molar-refractivity contribution in [2.75, 3.05) is 26.1 Å². The molecule has 78 valence electrons. The van der Waals surface area contributed by atoms with E-state index in [1.807, 2.05) is 6.26 Å². The van der Waals surface area contributed by atoms with Crippen molar-refractivity contribution >= 4 is 11.8 Å². The maximum atomic E-state index is 9.08. The lowest BCUT2D eigenvalue weighted by molar-refractivity contribution is 0.186. The molecule has 0 amide bonds. The maximum Gasteiger partial charge on any atom is 0.0620 e. The summed E-state index contributed by atoms with van der Waals surface area (Å²) in [5, 5.41) is 12.8. The van der Waals surface area contributed by atoms with Crippen LogP contribution in [-0.2, 0) is 4.74 Å². The van der Waals surface area contributed by atoms with Gasteiger partial charge in [0.2, 0.25) is 0 Å². The van der Waals surface area contributed by atoms with Crippen LogP contribution in [0.5, 0.6) is 0 Å². The lowest BCUT2D eigenvalue weighted by Gasteiger charge is -2.24. The van der Waals surface area contributed by atoms with Gasteiger partial charge in [0.15, 0.2) is 0 Å². The fourth-order valence-corrected chi connectivity index (χ4v) is 2.22. The Balaban J connectivity index is 2.25. The van der Waals surface area contributed by atoms with Gasteiger partial charge in [-0.2, -0.15) is 11.8 Å². The molecule has 1 aliphatic rings. The normalized spacial score (nSPS) is 27.5. The number of nitrogens with one attached hydrogen (secondary N) is 1. The molecule has 13 heavy (non-hydrogen) atoms. The molecule has 1 fully saturated rings. The molecule has 0 saturated carbocycles. The van der Waals surface area contributed by atoms with E-state index < -0.39 is 0 Å². The summed E-state index contributed by atoms with van der Waals surface area (Å²) in [4.78, 5) is 0. The third kappa shape index (κ3) is 3.46. The van der Waals surface area contributed by atoms with Gasteiger partial charge in [0.05, 0.1) is 13.2 Å². The molecule has 0 aliphatic carbocycles. The van der Waals surface area contributed by atoms with E-state index in [4.69, 9.17) is 9.84 Å². The first-order valence-electron chi connectivity index (χ1n) is 4.75. The fraction of sp³-hybridized carbons (Fsp3) is 1.00. The fourth-order valence-electron chi connectivity index (χ4n) is 1.58. The summed E-state index contributed by atoms with van der Waals surface area (Å²) in [5.41, 5.74) is 0. The van der Waals surface area contributed by atoms with Crippen molar-refractivity contribution in [2.24, 2.45) is 0 Å². The highest BCUT2D eigenvalue weighted by Crippen LogP contribution is 2.13. The number of rotatable bonds is 5. The number of thioether (sulfide) groups is 1. The minimum absolute atomic E-state index is 0.239. The summed E-state index contributed by atoms with van der Waals surface area (Å²) in [5.74, 6) is 0. The van der Waals surface area contributed by atoms with Crippen molar-refractivity contribution in [3.63, 3.8) is 0 Å². The molecule has 0 radical (unpaired) electrons. The van der Waals surface area contributed by atoms with Gasteiger partial charge < -0.3 is 15.2 Å². The second-order valence-corrected chi connectivity index (χ2v) is 4.55. The molecule has 1 saturated heterocycles. The van der Waals surface area contributed by atoms with E-state index in [1.54, 1.807) is 11.8 Å². The van der Waals surface area contributed by atoms with Crippen LogP contribution in [0.3, 0.4) is 0 Å². The maximum absolute atomic E-state index is 9.08. The van der Waals surface area contributed by atoms with Crippen molar-refractivity contribution in [1.29, 1.82) is 0 Å². The molecular formula is C9H19NO2S. The largest absolute Gasteiger partial charge is 0.395 e. The molecule has 3 unspecified atom stereocenters. The van der Waals surface area contributed by atoms with Gasteiger partial charge in [-0.25, -0.2) is 0 Å². The van der Waals surface area contributed by atoms with Gasteiger partial charge in [0, 0.05) is 23.9 Å². The first-order chi connectivity index (χ1) is 6.27. The summed E-state index contributed by atoms with van der Waals surface area (Å²) < 4.78 is 5.27. The van der Waals surface area contributed by atoms with Gasteiger partial charge in [0.25, 0.3) is 0 Å². The molecule has 2 N–H and O–H groups in total. The van der Waals surface area contributed by atoms with E-state index in [1.165, 1.54) is 0 Å². The number of aliphatic hydroxyl groups is 1. The van der Waals surface area contributed by atoms with Crippen LogP contribution in [-0.4, -0.2) is 48.5 Å². The number of hydrogen-bond donors (Lipinski definition) is 2. The lowest BCUT2D eigenvalue weighted by Crippen LogP contribution is -2.43. The Hall–Kier alpha value is 0.230. The van der Waals surface area contributed by atoms with Crippen LogP contribution in [0.15, 0.2) is 0 Å². The van der Waals surface area contributed by atoms with Crippen LogP contribution >= 0.6 is 11.8 Å². The Morgan fingerprint density at radius 3 is 2.92 bits per heavy atom. The molecule has 1 aliphatic heterocycles. The SMILES string of the molecule is CSC(CO)C(C)NC1CCOC1. The van der Waals surface area contributed by atoms with E-state index in [9.17, 15) is 0 Å². The molecule has 0 spiro atoms. The monoisotopic (exact) mass is 205 g/mol. The minimum atomic E-state index is 0.239. The van der Waals surface area contributed by atoms with E-state index in [0.29, 0.717) is 17.3 Å². The molecule has 1 rings (SSSR count). The predicted molar refractivity (Wildman–Crippen MR) is 56.2 cm³/mol. The standard InChI is InChI=1S/C9H19NO2S/c1-7(9(5-11)13-2)10-8-3-4-12-6-8/h7-11H,3-6H2,1-2H3. The minimum Gasteiger partial charge on any atom is -0.395 e. The van der Waals surface area contributed by atoms with Gasteiger partial charge in [-0.15, -0.1) is 0 Å². The third-order valence-electron chi connectivity index (χ3n) is 2.47. The Labute approximate surface area is 84.2 Å². The van der Waals surface area contributed by atoms with Gasteiger partial charge in [-0.05, 0) is 19.6 Å². The van der Waals surface area contributed by atoms with Gasteiger partial charge in [-0.1, -0.05) is 0 Å². The van der Waals surface area contributed by atoms with Crippen molar-refractivity contribution in [3.8, 4) is 0 Å². The zero-order chi connectivity index (χ0) is 9.68. The van der Waals surface area contributed by atoms with Crippen LogP contribution < -0.4 is 5.32 Å². The molecule has 0 aromatic carbocycles. The molecule has 3 atom stereocenters. The highest BCUT2D eigenvalue weighted by atomic mass is 32.2. The topological polar surface area (TPSA) is 41.5 Å². The molecule has 0 aromatic rings. The number of aliphatic hydroxyl groups excluding tert-OH is 1. The number of ether oxygens (including phenoxy) is 1. The van der Waals surface area contributed by atoms with Crippen LogP contribution in [0.4, 0.5) is 0 Å². The zero-order valence-corrected chi connectivity index (χ0v) is 9.14. The number of hydrogen-bond acceptors (Lipinski definition) is 4. The summed E-state index contributed by atoms with van der Waals surface area (Å²) in [6.45, 7) is 4.04. The second kappa shape index (κ2) is 5.86. The van der Waals surface area contributed by atoms with E-state index in [2.05, 4.69) is 12.2 Å². The molecule has 1 heterocycles. The van der Waals surface area contributed by atoms with Crippen molar-refractivity contribution in [1.82, 2.24) is 5.32 Å². The van der Waals surface area contributed by atoms with Crippen LogP contribution in [0.2, 0.25) is 0 Å². The Kier molecular flexibility index (Phi) is 5.09. The predicted octanol–water partition coefficient (Wildman–Crippen LogP) is 0.477. The average molecular weight is 205 g/mol. The Bertz CT molecular complexity index is 136. The van der Waals surface area contributed by atoms with Crippen LogP contribution in [0.1, 0.15) is 13.3 Å². The third-order valence-corrected chi connectivity index (χ3v) is 3.63. The second-order valence-electron chi connectivity index (χ2n) is 3.47. The van der Waals surface area contributed by atoms with Crippen molar-refractivity contribution < 1.29 is 9.84 Å². The molecule has 4 heteroatoms. The van der Waals surface area contributed by atoms with Crippen molar-refractivity contribution in [2.45, 2.75) is 30.7 Å². The average Bonchev–Trinajstić information content (AvgIpc) is 2.59. The smallest absolute Gasteiger partial charge is 0.0620 e. The van der Waals surface area contributed by atoms with Gasteiger partial charge >= 0.3 is 0 Å². The molecule has 3 nitrogen and oxygen atoms in total. The van der Waals surface area contributed by atoms with E-state index in [-0.39, 0.29) is 6.61 Å². The van der Waals surface area contributed by atoms with Crippen molar-refractivity contribution in [3.05, 3.63) is 0 Å². The first kappa shape index (κ1) is 11.3.